The van der Waals surface area contributed by atoms with Gasteiger partial charge in [0.25, 0.3) is 0 Å². The van der Waals surface area contributed by atoms with Crippen LogP contribution in [0.4, 0.5) is 0 Å². The van der Waals surface area contributed by atoms with Crippen LogP contribution in [0.15, 0.2) is 48.5 Å². The molecule has 0 heterocycles. The van der Waals surface area contributed by atoms with E-state index < -0.39 is 17.7 Å². The fourth-order valence-electron chi connectivity index (χ4n) is 2.40. The van der Waals surface area contributed by atoms with Crippen molar-refractivity contribution in [2.75, 3.05) is 21.3 Å². The van der Waals surface area contributed by atoms with Gasteiger partial charge >= 0.3 is 5.97 Å². The molecule has 0 aliphatic rings. The molecule has 2 unspecified atom stereocenters. The Morgan fingerprint density at radius 3 is 1.80 bits per heavy atom. The maximum absolute atomic E-state index is 13.0. The molecule has 25 heavy (non-hydrogen) atoms. The number of hydrogen-bond acceptors (Lipinski definition) is 6. The van der Waals surface area contributed by atoms with E-state index >= 15 is 0 Å². The molecule has 2 rings (SSSR count). The van der Waals surface area contributed by atoms with Gasteiger partial charge in [-0.3, -0.25) is 9.59 Å². The minimum absolute atomic E-state index is 0.219. The molecule has 0 fully saturated rings. The summed E-state index contributed by atoms with van der Waals surface area (Å²) >= 11 is 0. The minimum Gasteiger partial charge on any atom is -0.496 e. The number of carbonyl (C=O) groups excluding carboxylic acids is 2. The number of rotatable bonds is 6. The second kappa shape index (κ2) is 10.3. The Hall–Kier alpha value is -2.59. The van der Waals surface area contributed by atoms with Crippen molar-refractivity contribution in [1.29, 1.82) is 0 Å². The normalized spacial score (nSPS) is 10.8. The van der Waals surface area contributed by atoms with Crippen molar-refractivity contribution in [3.8, 4) is 11.5 Å². The molecule has 0 aliphatic heterocycles. The van der Waals surface area contributed by atoms with Crippen molar-refractivity contribution in [2.45, 2.75) is 5.92 Å². The molecule has 2 aromatic carbocycles. The summed E-state index contributed by atoms with van der Waals surface area (Å²) in [5.41, 5.74) is 0.772. The summed E-state index contributed by atoms with van der Waals surface area (Å²) in [5.74, 6) is -1.45. The zero-order chi connectivity index (χ0) is 18.8. The molecule has 0 radical (unpaired) electrons. The zero-order valence-electron chi connectivity index (χ0n) is 14.4. The van der Waals surface area contributed by atoms with Gasteiger partial charge in [0.15, 0.2) is 5.78 Å². The standard InChI is InChI=1S/C18H18O5.H3OP/c1-21-13-10-7-11-14(22-2)16(13)17(19)15(18(20)23-3)12-8-5-4-6-9-12;1-2/h4-11,15H,1-3H3;2H3. The topological polar surface area (TPSA) is 78.9 Å². The van der Waals surface area contributed by atoms with Crippen molar-refractivity contribution < 1.29 is 28.4 Å². The molecule has 2 atom stereocenters. The summed E-state index contributed by atoms with van der Waals surface area (Å²) < 4.78 is 23.6. The van der Waals surface area contributed by atoms with Crippen molar-refractivity contribution in [3.05, 3.63) is 59.7 Å². The molecule has 0 aliphatic carbocycles. The highest BCUT2D eigenvalue weighted by Crippen LogP contribution is 2.34. The molecular weight excluding hydrogens is 343 g/mol. The molecule has 0 N–H and O–H groups in total. The minimum atomic E-state index is -1.08. The summed E-state index contributed by atoms with van der Waals surface area (Å²) in [4.78, 5) is 25.2. The van der Waals surface area contributed by atoms with Gasteiger partial charge in [0.2, 0.25) is 0 Å². The third-order valence-electron chi connectivity index (χ3n) is 3.51. The Bertz CT molecular complexity index is 695. The Morgan fingerprint density at radius 2 is 1.36 bits per heavy atom. The highest BCUT2D eigenvalue weighted by molar-refractivity contribution is 7.00. The van der Waals surface area contributed by atoms with E-state index in [-0.39, 0.29) is 5.56 Å². The Balaban J connectivity index is 0.00000151. The van der Waals surface area contributed by atoms with Crippen LogP contribution in [0.5, 0.6) is 11.5 Å². The number of benzene rings is 2. The molecule has 2 aromatic rings. The van der Waals surface area contributed by atoms with Gasteiger partial charge in [0.05, 0.1) is 30.4 Å². The first-order chi connectivity index (χ1) is 12.1. The molecule has 0 saturated heterocycles. The molecular formula is C18H21O6P. The SMILES string of the molecule is COC(=O)C(C(=O)c1c(OC)cccc1OC)c1ccccc1.O=[PH3]. The van der Waals surface area contributed by atoms with E-state index in [1.807, 2.05) is 6.07 Å². The van der Waals surface area contributed by atoms with Crippen LogP contribution in [0.2, 0.25) is 0 Å². The fraction of sp³-hybridized carbons (Fsp3) is 0.222. The lowest BCUT2D eigenvalue weighted by Crippen LogP contribution is -2.24. The average molecular weight is 364 g/mol. The largest absolute Gasteiger partial charge is 0.496 e. The second-order valence-electron chi connectivity index (χ2n) is 4.77. The summed E-state index contributed by atoms with van der Waals surface area (Å²) in [7, 11) is 4.79. The van der Waals surface area contributed by atoms with Crippen LogP contribution in [-0.2, 0) is 14.1 Å². The van der Waals surface area contributed by atoms with Gasteiger partial charge < -0.3 is 18.8 Å². The predicted molar refractivity (Wildman–Crippen MR) is 96.9 cm³/mol. The fourth-order valence-corrected chi connectivity index (χ4v) is 2.40. The Labute approximate surface area is 148 Å². The van der Waals surface area contributed by atoms with E-state index in [0.29, 0.717) is 26.2 Å². The van der Waals surface area contributed by atoms with E-state index in [4.69, 9.17) is 18.8 Å². The summed E-state index contributed by atoms with van der Waals surface area (Å²) in [6, 6.07) is 13.8. The smallest absolute Gasteiger partial charge is 0.321 e. The number of ether oxygens (including phenoxy) is 3. The van der Waals surface area contributed by atoms with Gasteiger partial charge in [0, 0.05) is 0 Å². The summed E-state index contributed by atoms with van der Waals surface area (Å²) in [6.45, 7) is 0. The van der Waals surface area contributed by atoms with E-state index in [2.05, 4.69) is 0 Å². The van der Waals surface area contributed by atoms with Crippen molar-refractivity contribution in [1.82, 2.24) is 0 Å². The third-order valence-corrected chi connectivity index (χ3v) is 3.51. The first-order valence-electron chi connectivity index (χ1n) is 7.30. The quantitative estimate of drug-likeness (QED) is 0.339. The maximum atomic E-state index is 13.0. The third kappa shape index (κ3) is 4.70. The summed E-state index contributed by atoms with van der Waals surface area (Å²) in [6.07, 6.45) is 0. The van der Waals surface area contributed by atoms with Crippen LogP contribution < -0.4 is 9.47 Å². The first-order valence-corrected chi connectivity index (χ1v) is 7.88. The van der Waals surface area contributed by atoms with Gasteiger partial charge in [-0.15, -0.1) is 0 Å². The highest BCUT2D eigenvalue weighted by Gasteiger charge is 2.33. The Kier molecular flexibility index (Phi) is 8.44. The van der Waals surface area contributed by atoms with Crippen molar-refractivity contribution in [2.24, 2.45) is 0 Å². The Morgan fingerprint density at radius 1 is 0.840 bits per heavy atom. The van der Waals surface area contributed by atoms with E-state index in [1.54, 1.807) is 42.5 Å². The van der Waals surface area contributed by atoms with E-state index in [0.717, 1.165) is 0 Å². The monoisotopic (exact) mass is 364 g/mol. The molecule has 0 aromatic heterocycles. The number of hydrogen-bond donors (Lipinski definition) is 0. The molecule has 0 amide bonds. The lowest BCUT2D eigenvalue weighted by molar-refractivity contribution is -0.141. The van der Waals surface area contributed by atoms with Gasteiger partial charge in [-0.2, -0.15) is 0 Å². The molecule has 0 bridgehead atoms. The molecule has 0 spiro atoms. The van der Waals surface area contributed by atoms with Crippen LogP contribution in [0.25, 0.3) is 0 Å². The molecule has 134 valence electrons. The molecule has 6 nitrogen and oxygen atoms in total. The van der Waals surface area contributed by atoms with Crippen LogP contribution in [0.3, 0.4) is 0 Å². The molecule has 0 saturated carbocycles. The maximum Gasteiger partial charge on any atom is 0.321 e. The van der Waals surface area contributed by atoms with Crippen LogP contribution in [0, 0.1) is 0 Å². The van der Waals surface area contributed by atoms with Crippen molar-refractivity contribution >= 4 is 20.9 Å². The average Bonchev–Trinajstić information content (AvgIpc) is 2.69. The lowest BCUT2D eigenvalue weighted by atomic mass is 9.89. The van der Waals surface area contributed by atoms with Crippen LogP contribution in [-0.4, -0.2) is 33.1 Å². The van der Waals surface area contributed by atoms with E-state index in [9.17, 15) is 9.59 Å². The number of ketones is 1. The number of carbonyl (C=O) groups is 2. The zero-order valence-corrected chi connectivity index (χ0v) is 15.8. The van der Waals surface area contributed by atoms with Gasteiger partial charge in [-0.1, -0.05) is 36.4 Å². The van der Waals surface area contributed by atoms with Gasteiger partial charge in [-0.05, 0) is 17.7 Å². The lowest BCUT2D eigenvalue weighted by Gasteiger charge is -2.17. The highest BCUT2D eigenvalue weighted by atomic mass is 31.0. The van der Waals surface area contributed by atoms with Gasteiger partial charge in [0.1, 0.15) is 23.0 Å². The number of esters is 1. The van der Waals surface area contributed by atoms with Crippen LogP contribution in [0.1, 0.15) is 21.8 Å². The predicted octanol–water partition coefficient (Wildman–Crippen LogP) is 2.78. The van der Waals surface area contributed by atoms with E-state index in [1.165, 1.54) is 21.3 Å². The van der Waals surface area contributed by atoms with Crippen molar-refractivity contribution in [3.63, 3.8) is 0 Å². The summed E-state index contributed by atoms with van der Waals surface area (Å²) in [5, 5.41) is 0. The molecule has 7 heteroatoms. The van der Waals surface area contributed by atoms with Crippen LogP contribution >= 0.6 is 9.12 Å². The first kappa shape index (κ1) is 20.5. The van der Waals surface area contributed by atoms with Gasteiger partial charge in [-0.25, -0.2) is 0 Å². The second-order valence-corrected chi connectivity index (χ2v) is 4.77. The number of methoxy groups -OCH3 is 3. The number of Topliss-reactive ketones (excluding diaryl/α,β-unsaturated/α-hetero) is 1.